The summed E-state index contributed by atoms with van der Waals surface area (Å²) in [5, 5.41) is 0. The SMILES string of the molecule is CCOC(=O)C[C@]1(Sc2ccccc2)[C@@H]2O[Si](C(C)C)(C(C)C)O[Si](C(C)C)(C(C)C)OC[C@H]2O[C@H]1n1ccc(=O)[nH]c1=O. The molecule has 0 radical (unpaired) electrons. The molecule has 1 aromatic heterocycles. The van der Waals surface area contributed by atoms with Crippen LogP contribution < -0.4 is 11.2 Å². The molecular weight excluding hydrogens is 617 g/mol. The van der Waals surface area contributed by atoms with Crippen LogP contribution in [0, 0.1) is 0 Å². The van der Waals surface area contributed by atoms with Gasteiger partial charge in [0.05, 0.1) is 25.7 Å². The Bertz CT molecular complexity index is 1380. The van der Waals surface area contributed by atoms with E-state index < -0.39 is 57.5 Å². The summed E-state index contributed by atoms with van der Waals surface area (Å²) in [6, 6.07) is 11.0. The zero-order chi connectivity index (χ0) is 32.4. The highest BCUT2D eigenvalue weighted by atomic mass is 32.2. The quantitative estimate of drug-likeness (QED) is 0.246. The molecule has 2 fully saturated rings. The number of benzene rings is 1. The van der Waals surface area contributed by atoms with Crippen LogP contribution in [-0.2, 0) is 27.2 Å². The first-order chi connectivity index (χ1) is 20.7. The van der Waals surface area contributed by atoms with E-state index in [0.29, 0.717) is 0 Å². The molecule has 0 bridgehead atoms. The smallest absolute Gasteiger partial charge is 0.335 e. The Kier molecular flexibility index (Phi) is 10.9. The lowest BCUT2D eigenvalue weighted by molar-refractivity contribution is -0.145. The van der Waals surface area contributed by atoms with E-state index in [2.05, 4.69) is 60.4 Å². The molecule has 244 valence electrons. The van der Waals surface area contributed by atoms with E-state index in [1.165, 1.54) is 28.6 Å². The van der Waals surface area contributed by atoms with E-state index in [9.17, 15) is 14.4 Å². The van der Waals surface area contributed by atoms with E-state index in [0.717, 1.165) is 4.90 Å². The van der Waals surface area contributed by atoms with Crippen molar-refractivity contribution in [3.05, 3.63) is 63.4 Å². The van der Waals surface area contributed by atoms with Gasteiger partial charge >= 0.3 is 28.8 Å². The highest BCUT2D eigenvalue weighted by Crippen LogP contribution is 2.57. The fraction of sp³-hybridized carbons (Fsp3) is 0.645. The molecule has 1 N–H and O–H groups in total. The number of rotatable bonds is 10. The van der Waals surface area contributed by atoms with Crippen LogP contribution in [0.25, 0.3) is 0 Å². The number of aromatic nitrogens is 2. The first kappa shape index (κ1) is 34.9. The van der Waals surface area contributed by atoms with Crippen molar-refractivity contribution in [2.75, 3.05) is 13.2 Å². The molecule has 2 aliphatic rings. The summed E-state index contributed by atoms with van der Waals surface area (Å²) < 4.78 is 34.4. The zero-order valence-electron chi connectivity index (χ0n) is 27.3. The maximum absolute atomic E-state index is 13.5. The minimum Gasteiger partial charge on any atom is -0.466 e. The van der Waals surface area contributed by atoms with Crippen LogP contribution >= 0.6 is 11.8 Å². The molecule has 0 unspecified atom stereocenters. The predicted molar refractivity (Wildman–Crippen MR) is 175 cm³/mol. The van der Waals surface area contributed by atoms with Crippen LogP contribution in [0.1, 0.15) is 75.0 Å². The molecule has 2 aromatic rings. The lowest BCUT2D eigenvalue weighted by Gasteiger charge is -2.52. The van der Waals surface area contributed by atoms with Gasteiger partial charge in [0, 0.05) is 17.2 Å². The zero-order valence-corrected chi connectivity index (χ0v) is 30.1. The molecule has 0 saturated carbocycles. The molecule has 2 saturated heterocycles. The second kappa shape index (κ2) is 13.8. The molecule has 44 heavy (non-hydrogen) atoms. The summed E-state index contributed by atoms with van der Waals surface area (Å²) >= 11 is 1.43. The first-order valence-electron chi connectivity index (χ1n) is 15.6. The Balaban J connectivity index is 2.01. The highest BCUT2D eigenvalue weighted by Gasteiger charge is 2.67. The fourth-order valence-electron chi connectivity index (χ4n) is 6.62. The highest BCUT2D eigenvalue weighted by molar-refractivity contribution is 8.00. The van der Waals surface area contributed by atoms with Crippen molar-refractivity contribution in [1.82, 2.24) is 9.55 Å². The van der Waals surface area contributed by atoms with Gasteiger partial charge in [-0.2, -0.15) is 0 Å². The van der Waals surface area contributed by atoms with Crippen molar-refractivity contribution < 1.29 is 27.2 Å². The van der Waals surface area contributed by atoms with Gasteiger partial charge in [-0.3, -0.25) is 19.1 Å². The number of nitrogens with zero attached hydrogens (tertiary/aromatic N) is 1. The van der Waals surface area contributed by atoms with Gasteiger partial charge in [-0.05, 0) is 41.2 Å². The maximum atomic E-state index is 13.5. The van der Waals surface area contributed by atoms with Gasteiger partial charge in [-0.25, -0.2) is 4.79 Å². The number of hydrogen-bond acceptors (Lipinski definition) is 9. The number of H-pyrrole nitrogens is 1. The van der Waals surface area contributed by atoms with Gasteiger partial charge in [0.25, 0.3) is 5.56 Å². The number of nitrogens with one attached hydrogen (secondary N) is 1. The molecule has 2 aliphatic heterocycles. The Morgan fingerprint density at radius 2 is 1.61 bits per heavy atom. The van der Waals surface area contributed by atoms with Crippen molar-refractivity contribution in [3.63, 3.8) is 0 Å². The molecule has 4 rings (SSSR count). The van der Waals surface area contributed by atoms with Gasteiger partial charge < -0.3 is 22.4 Å². The van der Waals surface area contributed by atoms with Gasteiger partial charge in [-0.15, -0.1) is 11.8 Å². The van der Waals surface area contributed by atoms with Gasteiger partial charge in [0.2, 0.25) is 0 Å². The van der Waals surface area contributed by atoms with Crippen molar-refractivity contribution in [3.8, 4) is 0 Å². The molecule has 0 aliphatic carbocycles. The second-order valence-electron chi connectivity index (χ2n) is 12.9. The maximum Gasteiger partial charge on any atom is 0.335 e. The normalized spacial score (nSPS) is 26.5. The fourth-order valence-corrected chi connectivity index (χ4v) is 19.5. The van der Waals surface area contributed by atoms with Crippen LogP contribution in [0.2, 0.25) is 22.2 Å². The summed E-state index contributed by atoms with van der Waals surface area (Å²) in [4.78, 5) is 42.2. The minimum atomic E-state index is -3.15. The average Bonchev–Trinajstić information content (AvgIpc) is 3.19. The van der Waals surface area contributed by atoms with Crippen LogP contribution in [0.15, 0.2) is 57.1 Å². The van der Waals surface area contributed by atoms with Crippen LogP contribution in [0.3, 0.4) is 0 Å². The van der Waals surface area contributed by atoms with E-state index in [-0.39, 0.29) is 41.8 Å². The van der Waals surface area contributed by atoms with Crippen molar-refractivity contribution in [2.24, 2.45) is 0 Å². The van der Waals surface area contributed by atoms with E-state index in [4.69, 9.17) is 22.4 Å². The van der Waals surface area contributed by atoms with Gasteiger partial charge in [-0.1, -0.05) is 73.6 Å². The lowest BCUT2D eigenvalue weighted by Crippen LogP contribution is -2.67. The summed E-state index contributed by atoms with van der Waals surface area (Å²) in [7, 11) is -6.03. The standard InChI is InChI=1S/C31H48N2O8SSi2/c1-10-37-27(35)18-31(42-24-14-12-11-13-15-24)28-25(39-29(31)33-17-16-26(34)32-30(33)36)19-38-43(20(2)3,21(4)5)41-44(40-28,22(6)7)23(8)9/h11-17,20-23,25,28-29H,10,18-19H2,1-9H3,(H,32,34,36)/t25-,28-,29-,31+/m1/s1. The third kappa shape index (κ3) is 6.46. The number of fused-ring (bicyclic) bond motifs is 1. The molecule has 3 heterocycles. The number of esters is 1. The van der Waals surface area contributed by atoms with Gasteiger partial charge in [0.15, 0.2) is 6.23 Å². The number of thioether (sulfide) groups is 1. The van der Waals surface area contributed by atoms with E-state index in [1.54, 1.807) is 6.92 Å². The largest absolute Gasteiger partial charge is 0.466 e. The molecule has 13 heteroatoms. The Hall–Kier alpha value is -2.01. The second-order valence-corrected chi connectivity index (χ2v) is 23.2. The van der Waals surface area contributed by atoms with Crippen LogP contribution in [-0.4, -0.2) is 62.8 Å². The van der Waals surface area contributed by atoms with Gasteiger partial charge in [0.1, 0.15) is 10.9 Å². The molecule has 4 atom stereocenters. The Labute approximate surface area is 266 Å². The number of carbonyl (C=O) groups is 1. The number of aromatic amines is 1. The molecule has 0 spiro atoms. The topological polar surface area (TPSA) is 118 Å². The third-order valence-electron chi connectivity index (χ3n) is 8.74. The van der Waals surface area contributed by atoms with E-state index in [1.807, 2.05) is 30.3 Å². The van der Waals surface area contributed by atoms with Crippen LogP contribution in [0.5, 0.6) is 0 Å². The Morgan fingerprint density at radius 1 is 1.00 bits per heavy atom. The predicted octanol–water partition coefficient (Wildman–Crippen LogP) is 5.87. The minimum absolute atomic E-state index is 0.0334. The number of carbonyl (C=O) groups excluding carboxylic acids is 1. The lowest BCUT2D eigenvalue weighted by atomic mass is 9.94. The summed E-state index contributed by atoms with van der Waals surface area (Å²) in [6.45, 7) is 19.3. The summed E-state index contributed by atoms with van der Waals surface area (Å²) in [5.74, 6) is -0.440. The number of hydrogen-bond donors (Lipinski definition) is 1. The molecule has 10 nitrogen and oxygen atoms in total. The molecular formula is C31H48N2O8SSi2. The van der Waals surface area contributed by atoms with Crippen molar-refractivity contribution in [1.29, 1.82) is 0 Å². The number of ether oxygens (including phenoxy) is 2. The van der Waals surface area contributed by atoms with Crippen LogP contribution in [0.4, 0.5) is 0 Å². The summed E-state index contributed by atoms with van der Waals surface area (Å²) in [6.07, 6.45) is -1.05. The third-order valence-corrected chi connectivity index (χ3v) is 20.4. The molecule has 0 amide bonds. The first-order valence-corrected chi connectivity index (χ1v) is 20.4. The van der Waals surface area contributed by atoms with Crippen molar-refractivity contribution >= 4 is 34.9 Å². The molecule has 1 aromatic carbocycles. The summed E-state index contributed by atoms with van der Waals surface area (Å²) in [5.41, 5.74) is -0.828. The van der Waals surface area contributed by atoms with E-state index >= 15 is 0 Å². The Morgan fingerprint density at radius 3 is 2.16 bits per heavy atom. The monoisotopic (exact) mass is 664 g/mol. The van der Waals surface area contributed by atoms with Crippen molar-refractivity contribution in [2.45, 2.75) is 119 Å². The average molecular weight is 665 g/mol.